The number of carbonyl (C=O) groups excluding carboxylic acids is 2. The van der Waals surface area contributed by atoms with Crippen molar-refractivity contribution >= 4 is 70.3 Å². The quantitative estimate of drug-likeness (QED) is 0.287. The average molecular weight is 468 g/mol. The summed E-state index contributed by atoms with van der Waals surface area (Å²) in [7, 11) is 0. The van der Waals surface area contributed by atoms with Gasteiger partial charge in [-0.1, -0.05) is 58.4 Å². The maximum Gasteiger partial charge on any atom is 0.261 e. The van der Waals surface area contributed by atoms with E-state index in [1.54, 1.807) is 47.1 Å². The Balaban J connectivity index is 1.44. The molecule has 0 saturated carbocycles. The molecule has 0 spiro atoms. The van der Waals surface area contributed by atoms with Crippen molar-refractivity contribution in [1.29, 1.82) is 0 Å². The van der Waals surface area contributed by atoms with Gasteiger partial charge < -0.3 is 0 Å². The van der Waals surface area contributed by atoms with E-state index in [-0.39, 0.29) is 11.8 Å². The highest BCUT2D eigenvalue weighted by Gasteiger charge is 2.34. The molecule has 1 aromatic heterocycles. The van der Waals surface area contributed by atoms with E-state index < -0.39 is 0 Å². The van der Waals surface area contributed by atoms with Crippen molar-refractivity contribution in [1.82, 2.24) is 14.7 Å². The molecule has 0 bridgehead atoms. The van der Waals surface area contributed by atoms with Gasteiger partial charge in [-0.05, 0) is 42.5 Å². The van der Waals surface area contributed by atoms with Crippen molar-refractivity contribution in [3.63, 3.8) is 0 Å². The fourth-order valence-electron chi connectivity index (χ4n) is 2.77. The predicted molar refractivity (Wildman–Crippen MR) is 115 cm³/mol. The van der Waals surface area contributed by atoms with E-state index in [4.69, 9.17) is 35.4 Å². The van der Waals surface area contributed by atoms with Gasteiger partial charge in [-0.3, -0.25) is 14.5 Å². The highest BCUT2D eigenvalue weighted by molar-refractivity contribution is 8.01. The van der Waals surface area contributed by atoms with Gasteiger partial charge in [0.2, 0.25) is 0 Å². The van der Waals surface area contributed by atoms with E-state index in [2.05, 4.69) is 5.10 Å². The lowest BCUT2D eigenvalue weighted by Crippen LogP contribution is -2.31. The van der Waals surface area contributed by atoms with Crippen molar-refractivity contribution < 1.29 is 9.59 Å². The average Bonchev–Trinajstić information content (AvgIpc) is 3.17. The number of fused-ring (bicyclic) bond motifs is 1. The number of benzene rings is 2. The largest absolute Gasteiger partial charge is 0.273 e. The number of amides is 2. The van der Waals surface area contributed by atoms with Gasteiger partial charge in [0, 0.05) is 12.3 Å². The summed E-state index contributed by atoms with van der Waals surface area (Å²) in [5, 5.41) is 5.38. The Morgan fingerprint density at radius 1 is 1.04 bits per heavy atom. The molecule has 28 heavy (non-hydrogen) atoms. The van der Waals surface area contributed by atoms with E-state index in [1.165, 1.54) is 28.0 Å². The molecule has 3 aromatic rings. The zero-order valence-electron chi connectivity index (χ0n) is 14.1. The van der Waals surface area contributed by atoms with Crippen LogP contribution < -0.4 is 0 Å². The second-order valence-electron chi connectivity index (χ2n) is 5.80. The highest BCUT2D eigenvalue weighted by Crippen LogP contribution is 2.29. The van der Waals surface area contributed by atoms with Crippen LogP contribution in [0.1, 0.15) is 20.7 Å². The van der Waals surface area contributed by atoms with Crippen LogP contribution in [0.3, 0.4) is 0 Å². The number of hydrogen-bond donors (Lipinski definition) is 0. The molecule has 2 aromatic carbocycles. The minimum atomic E-state index is -0.254. The Morgan fingerprint density at radius 3 is 2.36 bits per heavy atom. The number of nitrogens with zero attached hydrogens (tertiary/aromatic N) is 3. The number of halogens is 2. The van der Waals surface area contributed by atoms with Crippen LogP contribution in [0.4, 0.5) is 0 Å². The van der Waals surface area contributed by atoms with Gasteiger partial charge in [-0.15, -0.1) is 5.10 Å². The van der Waals surface area contributed by atoms with E-state index >= 15 is 0 Å². The first kappa shape index (κ1) is 19.6. The van der Waals surface area contributed by atoms with Gasteiger partial charge in [0.1, 0.15) is 0 Å². The van der Waals surface area contributed by atoms with Gasteiger partial charge in [0.05, 0.1) is 26.9 Å². The molecular formula is C18H11Cl2N3O2S3. The summed E-state index contributed by atoms with van der Waals surface area (Å²) in [5.74, 6) is 0.0140. The maximum atomic E-state index is 12.4. The van der Waals surface area contributed by atoms with Crippen LogP contribution in [0.15, 0.2) is 46.8 Å². The summed E-state index contributed by atoms with van der Waals surface area (Å²) >= 11 is 20.2. The number of imide groups is 1. The minimum Gasteiger partial charge on any atom is -0.273 e. The Morgan fingerprint density at radius 2 is 1.71 bits per heavy atom. The summed E-state index contributed by atoms with van der Waals surface area (Å²) in [6, 6.07) is 12.0. The van der Waals surface area contributed by atoms with Gasteiger partial charge in [-0.2, -0.15) is 0 Å². The Hall–Kier alpha value is -1.71. The molecule has 0 radical (unpaired) electrons. The lowest BCUT2D eigenvalue weighted by Gasteiger charge is -2.12. The van der Waals surface area contributed by atoms with Crippen LogP contribution in [-0.2, 0) is 0 Å². The third-order valence-corrected chi connectivity index (χ3v) is 7.18. The van der Waals surface area contributed by atoms with Crippen molar-refractivity contribution in [3.8, 4) is 5.69 Å². The molecule has 142 valence electrons. The molecule has 0 aliphatic carbocycles. The predicted octanol–water partition coefficient (Wildman–Crippen LogP) is 5.36. The van der Waals surface area contributed by atoms with Crippen LogP contribution >= 0.6 is 58.5 Å². The summed E-state index contributed by atoms with van der Waals surface area (Å²) < 4.78 is 2.93. The Labute approximate surface area is 183 Å². The fourth-order valence-corrected chi connectivity index (χ4v) is 5.41. The van der Waals surface area contributed by atoms with Crippen LogP contribution in [0.25, 0.3) is 5.69 Å². The Kier molecular flexibility index (Phi) is 5.57. The molecule has 2 heterocycles. The second kappa shape index (κ2) is 7.96. The summed E-state index contributed by atoms with van der Waals surface area (Å²) in [5.41, 5.74) is 1.64. The molecule has 1 aliphatic heterocycles. The maximum absolute atomic E-state index is 12.4. The third kappa shape index (κ3) is 3.62. The first-order chi connectivity index (χ1) is 13.5. The molecule has 0 unspecified atom stereocenters. The van der Waals surface area contributed by atoms with Crippen LogP contribution in [0, 0.1) is 3.95 Å². The number of hydrogen-bond acceptors (Lipinski definition) is 6. The topological polar surface area (TPSA) is 55.2 Å². The molecule has 0 N–H and O–H groups in total. The first-order valence-corrected chi connectivity index (χ1v) is 11.1. The summed E-state index contributed by atoms with van der Waals surface area (Å²) in [6.07, 6.45) is 0. The fraction of sp³-hybridized carbons (Fsp3) is 0.111. The smallest absolute Gasteiger partial charge is 0.261 e. The zero-order valence-corrected chi connectivity index (χ0v) is 18.1. The van der Waals surface area contributed by atoms with Gasteiger partial charge in [0.15, 0.2) is 8.29 Å². The van der Waals surface area contributed by atoms with E-state index in [0.717, 1.165) is 10.0 Å². The molecular weight excluding hydrogens is 457 g/mol. The first-order valence-electron chi connectivity index (χ1n) is 8.09. The van der Waals surface area contributed by atoms with Crippen LogP contribution in [0.5, 0.6) is 0 Å². The summed E-state index contributed by atoms with van der Waals surface area (Å²) in [4.78, 5) is 26.1. The zero-order chi connectivity index (χ0) is 19.8. The van der Waals surface area contributed by atoms with Crippen molar-refractivity contribution in [2.75, 3.05) is 12.3 Å². The van der Waals surface area contributed by atoms with Crippen molar-refractivity contribution in [2.24, 2.45) is 0 Å². The van der Waals surface area contributed by atoms with Crippen LogP contribution in [-0.4, -0.2) is 38.8 Å². The number of aromatic nitrogens is 2. The lowest BCUT2D eigenvalue weighted by atomic mass is 10.1. The van der Waals surface area contributed by atoms with E-state index in [0.29, 0.717) is 37.4 Å². The SMILES string of the molecule is O=C1c2ccccc2C(=O)N1CCSc1nn(-c2ccc(Cl)c(Cl)c2)c(=S)s1. The number of carbonyl (C=O) groups is 2. The van der Waals surface area contributed by atoms with E-state index in [9.17, 15) is 9.59 Å². The van der Waals surface area contributed by atoms with Crippen LogP contribution in [0.2, 0.25) is 10.0 Å². The van der Waals surface area contributed by atoms with Gasteiger partial charge in [-0.25, -0.2) is 4.68 Å². The molecule has 10 heteroatoms. The normalized spacial score (nSPS) is 13.3. The van der Waals surface area contributed by atoms with Crippen molar-refractivity contribution in [3.05, 3.63) is 67.6 Å². The minimum absolute atomic E-state index is 0.254. The third-order valence-electron chi connectivity index (χ3n) is 4.10. The summed E-state index contributed by atoms with van der Waals surface area (Å²) in [6.45, 7) is 0.302. The van der Waals surface area contributed by atoms with E-state index in [1.807, 2.05) is 0 Å². The molecule has 2 amide bonds. The number of thioether (sulfide) groups is 1. The Bertz CT molecular complexity index is 1120. The molecule has 0 fully saturated rings. The monoisotopic (exact) mass is 467 g/mol. The van der Waals surface area contributed by atoms with Crippen molar-refractivity contribution in [2.45, 2.75) is 4.34 Å². The standard InChI is InChI=1S/C18H11Cl2N3O2S3/c19-13-6-5-10(9-14(13)20)23-18(26)28-17(21-23)27-8-7-22-15(24)11-3-1-2-4-12(11)16(22)25/h1-6,9H,7-8H2. The lowest BCUT2D eigenvalue weighted by molar-refractivity contribution is 0.0664. The number of rotatable bonds is 5. The molecule has 0 atom stereocenters. The molecule has 0 saturated heterocycles. The molecule has 1 aliphatic rings. The van der Waals surface area contributed by atoms with Gasteiger partial charge in [0.25, 0.3) is 11.8 Å². The highest BCUT2D eigenvalue weighted by atomic mass is 35.5. The second-order valence-corrected chi connectivity index (χ2v) is 9.58. The molecule has 5 nitrogen and oxygen atoms in total. The molecule has 4 rings (SSSR count). The van der Waals surface area contributed by atoms with Gasteiger partial charge >= 0.3 is 0 Å².